The van der Waals surface area contributed by atoms with E-state index < -0.39 is 93.0 Å². The highest BCUT2D eigenvalue weighted by atomic mass is 31.1. The fourth-order valence-corrected chi connectivity index (χ4v) is 11.5. The molecule has 0 unspecified atom stereocenters. The average Bonchev–Trinajstić information content (AvgIpc) is 1.11. The summed E-state index contributed by atoms with van der Waals surface area (Å²) in [5, 5.41) is 17.4. The highest BCUT2D eigenvalue weighted by Gasteiger charge is 2.36. The van der Waals surface area contributed by atoms with Crippen LogP contribution in [-0.4, -0.2) is 137 Å². The van der Waals surface area contributed by atoms with Crippen LogP contribution < -0.4 is 50.8 Å². The molecule has 0 aliphatic carbocycles. The van der Waals surface area contributed by atoms with Gasteiger partial charge in [0, 0.05) is 11.1 Å². The summed E-state index contributed by atoms with van der Waals surface area (Å²) < 4.78 is 57.0. The van der Waals surface area contributed by atoms with Crippen LogP contribution >= 0.6 is 8.25 Å². The van der Waals surface area contributed by atoms with E-state index in [1.54, 1.807) is 77.9 Å². The molecule has 2 aromatic heterocycles. The fraction of sp³-hybridized carbons (Fsp3) is 0.417. The van der Waals surface area contributed by atoms with Crippen LogP contribution in [-0.2, 0) is 42.5 Å². The number of carbonyl (C=O) groups is 10. The number of hydroxylamine groups is 4. The second-order valence-electron chi connectivity index (χ2n) is 23.1. The van der Waals surface area contributed by atoms with Crippen molar-refractivity contribution in [1.29, 1.82) is 0 Å². The predicted molar refractivity (Wildman–Crippen MR) is 373 cm³/mol. The number of amides is 8. The van der Waals surface area contributed by atoms with E-state index in [0.29, 0.717) is 72.3 Å². The van der Waals surface area contributed by atoms with E-state index in [1.165, 1.54) is 74.9 Å². The highest BCUT2D eigenvalue weighted by molar-refractivity contribution is 7.33. The Kier molecular flexibility index (Phi) is 32.6. The van der Waals surface area contributed by atoms with Gasteiger partial charge >= 0.3 is 20.2 Å². The largest absolute Gasteiger partial charge is 0.497 e. The van der Waals surface area contributed by atoms with Crippen LogP contribution in [0.2, 0.25) is 0 Å². The minimum absolute atomic E-state index is 0.0735. The van der Waals surface area contributed by atoms with Crippen LogP contribution in [0.4, 0.5) is 0 Å². The van der Waals surface area contributed by atoms with E-state index in [9.17, 15) is 52.5 Å². The molecule has 4 atom stereocenters. The fourth-order valence-electron chi connectivity index (χ4n) is 11.0. The Balaban J connectivity index is 0.960. The normalized spacial score (nSPS) is 12.1. The molecule has 30 heteroatoms. The van der Waals surface area contributed by atoms with Gasteiger partial charge in [0.2, 0.25) is 24.6 Å². The second kappa shape index (κ2) is 41.3. The molecule has 550 valence electrons. The number of methoxy groups -OCH3 is 2. The van der Waals surface area contributed by atoms with Crippen LogP contribution in [0.5, 0.6) is 23.0 Å². The van der Waals surface area contributed by atoms with Crippen molar-refractivity contribution >= 4 is 68.5 Å². The molecule has 6 N–H and O–H groups in total. The number of unbranched alkanes of at least 4 members (excludes halogenated alkanes) is 4. The third-order valence-electron chi connectivity index (χ3n) is 16.4. The van der Waals surface area contributed by atoms with Crippen molar-refractivity contribution in [3.05, 3.63) is 142 Å². The van der Waals surface area contributed by atoms with Crippen molar-refractivity contribution in [3.8, 4) is 45.6 Å². The van der Waals surface area contributed by atoms with Gasteiger partial charge in [-0.1, -0.05) is 78.4 Å². The van der Waals surface area contributed by atoms with Gasteiger partial charge in [0.1, 0.15) is 48.0 Å². The molecule has 0 saturated heterocycles. The van der Waals surface area contributed by atoms with Crippen molar-refractivity contribution in [1.82, 2.24) is 42.0 Å². The molecule has 0 spiro atoms. The maximum atomic E-state index is 13.8. The summed E-state index contributed by atoms with van der Waals surface area (Å²) in [6, 6.07) is 22.9. The number of ether oxygens (including phenoxy) is 4. The minimum atomic E-state index is -3.30. The number of carbonyl (C=O) groups excluding carboxylic acids is 10. The topological polar surface area (TPSA) is 367 Å². The summed E-state index contributed by atoms with van der Waals surface area (Å²) in [7, 11) is -0.299. The molecule has 0 fully saturated rings. The summed E-state index contributed by atoms with van der Waals surface area (Å²) in [6.07, 6.45) is 6.64. The first-order valence-electron chi connectivity index (χ1n) is 33.6. The smallest absolute Gasteiger partial charge is 0.363 e. The Labute approximate surface area is 592 Å². The summed E-state index contributed by atoms with van der Waals surface area (Å²) >= 11 is 0. The summed E-state index contributed by atoms with van der Waals surface area (Å²) in [4.78, 5) is 143. The van der Waals surface area contributed by atoms with Gasteiger partial charge in [0.05, 0.1) is 86.9 Å². The van der Waals surface area contributed by atoms with Crippen molar-refractivity contribution in [2.75, 3.05) is 54.2 Å². The Morgan fingerprint density at radius 3 is 1.22 bits per heavy atom. The molecule has 29 nitrogen and oxygen atoms in total. The number of nitrogens with one attached hydrogen (secondary N) is 6. The lowest BCUT2D eigenvalue weighted by molar-refractivity contribution is -0.171. The van der Waals surface area contributed by atoms with Crippen LogP contribution in [0, 0.1) is 25.7 Å². The van der Waals surface area contributed by atoms with E-state index in [-0.39, 0.29) is 96.2 Å². The SMILES string of the molecule is CCCCC[C@@H](C(=O)NCNC(=O)c1ccc(-c2ccc(C(=O)NCO[PH](=O)OCNC(=O)c3ccc(-c4ccc(C(=O)NCNC(=O)[C@H](CCCCC)[C@@H](CC)N(C=O)OC(=O)c5ccc(OC)cc5C)o4)cc3OCC)c(OCC)c2)o1)[C@@H](CC)N(C=O)OC(=O)c1ccc(OC)cc1C. The summed E-state index contributed by atoms with van der Waals surface area (Å²) in [5.41, 5.74) is 2.58. The minimum Gasteiger partial charge on any atom is -0.497 e. The second-order valence-corrected chi connectivity index (χ2v) is 24.2. The monoisotopic (exact) mass is 1430 g/mol. The molecule has 102 heavy (non-hydrogen) atoms. The van der Waals surface area contributed by atoms with Crippen molar-refractivity contribution in [2.24, 2.45) is 11.8 Å². The zero-order valence-electron chi connectivity index (χ0n) is 59.0. The maximum absolute atomic E-state index is 13.8. The lowest BCUT2D eigenvalue weighted by atomic mass is 9.90. The highest BCUT2D eigenvalue weighted by Crippen LogP contribution is 2.33. The molecule has 6 aromatic rings. The first-order valence-corrected chi connectivity index (χ1v) is 34.9. The third kappa shape index (κ3) is 22.8. The molecule has 0 bridgehead atoms. The number of aryl methyl sites for hydroxylation is 2. The van der Waals surface area contributed by atoms with Crippen LogP contribution in [0.1, 0.15) is 179 Å². The predicted octanol–water partition coefficient (Wildman–Crippen LogP) is 10.2. The Morgan fingerprint density at radius 1 is 0.480 bits per heavy atom. The lowest BCUT2D eigenvalue weighted by Gasteiger charge is -2.32. The van der Waals surface area contributed by atoms with Crippen molar-refractivity contribution in [2.45, 2.75) is 132 Å². The molecular formula is C72H91N8O21P. The quantitative estimate of drug-likeness (QED) is 0.00680. The number of hydrogen-bond donors (Lipinski definition) is 6. The molecule has 6 rings (SSSR count). The van der Waals surface area contributed by atoms with Crippen molar-refractivity contribution in [3.63, 3.8) is 0 Å². The maximum Gasteiger partial charge on any atom is 0.363 e. The molecule has 0 saturated carbocycles. The van der Waals surface area contributed by atoms with Gasteiger partial charge < -0.3 is 69.4 Å². The number of benzene rings is 4. The number of hydrogen-bond acceptors (Lipinski definition) is 21. The Hall–Kier alpha value is -10.5. The third-order valence-corrected chi connectivity index (χ3v) is 17.1. The zero-order valence-corrected chi connectivity index (χ0v) is 60.0. The van der Waals surface area contributed by atoms with Crippen LogP contribution in [0.15, 0.2) is 106 Å². The Morgan fingerprint density at radius 2 is 0.873 bits per heavy atom. The summed E-state index contributed by atoms with van der Waals surface area (Å²) in [5.74, 6) is -5.19. The molecular weight excluding hydrogens is 1340 g/mol. The van der Waals surface area contributed by atoms with Crippen molar-refractivity contribution < 1.29 is 99.0 Å². The molecule has 0 aliphatic rings. The van der Waals surface area contributed by atoms with E-state index in [1.807, 2.05) is 13.8 Å². The van der Waals surface area contributed by atoms with Gasteiger partial charge in [-0.2, -0.15) is 10.1 Å². The van der Waals surface area contributed by atoms with E-state index in [2.05, 4.69) is 31.9 Å². The number of furan rings is 2. The van der Waals surface area contributed by atoms with Gasteiger partial charge in [0.25, 0.3) is 23.6 Å². The van der Waals surface area contributed by atoms with Gasteiger partial charge in [-0.25, -0.2) is 9.59 Å². The van der Waals surface area contributed by atoms with E-state index in [0.717, 1.165) is 35.8 Å². The zero-order chi connectivity index (χ0) is 74.3. The number of nitrogens with zero attached hydrogens (tertiary/aromatic N) is 2. The molecule has 2 heterocycles. The van der Waals surface area contributed by atoms with E-state index in [4.69, 9.17) is 46.5 Å². The van der Waals surface area contributed by atoms with Crippen LogP contribution in [0.3, 0.4) is 0 Å². The Bertz CT molecular complexity index is 3630. The van der Waals surface area contributed by atoms with Crippen LogP contribution in [0.25, 0.3) is 22.6 Å². The number of rotatable bonds is 44. The summed E-state index contributed by atoms with van der Waals surface area (Å²) in [6.45, 7) is 12.9. The molecule has 8 amide bonds. The van der Waals surface area contributed by atoms with E-state index >= 15 is 0 Å². The standard InChI is InChI=1S/C72H91N8O21P/c1-11-17-19-21-53(57(13-3)79(43-81)100-71(89)51-29-25-49(92-9)35-45(51)7)65(83)73-39-75-69(87)61-33-31-59(98-61)47-23-27-55(63(37-47)94-15-5)67(85)77-41-96-102(91)97-42-78-68(86)56-28-24-48(38-64(56)95-16-6)60-32-34-62(99-60)70(88)76-40-74-66(84)54(22-20-18-12-2)58(14-4)80(44-82)101-72(90)52-30-26-50(93-10)36-46(52)8/h23-38,43-44,53-54,57-58,102H,11-22,39-42H2,1-10H3,(H,73,83)(H,74,84)(H,75,87)(H,76,88)(H,77,85)(H,78,86)/t53-,54-,57-,58-/m1/s1. The molecule has 4 aromatic carbocycles. The van der Waals surface area contributed by atoms with Gasteiger partial charge in [0.15, 0.2) is 11.5 Å². The lowest BCUT2D eigenvalue weighted by Crippen LogP contribution is -2.49. The first kappa shape index (κ1) is 80.5. The average molecular weight is 1440 g/mol. The first-order chi connectivity index (χ1) is 49.2. The van der Waals surface area contributed by atoms with Gasteiger partial charge in [-0.15, -0.1) is 0 Å². The van der Waals surface area contributed by atoms with Gasteiger partial charge in [-0.3, -0.25) is 52.0 Å². The molecule has 0 radical (unpaired) electrons. The van der Waals surface area contributed by atoms with Gasteiger partial charge in [-0.05, 0) is 149 Å². The molecule has 0 aliphatic heterocycles.